The van der Waals surface area contributed by atoms with Gasteiger partial charge in [0.1, 0.15) is 11.5 Å². The van der Waals surface area contributed by atoms with Crippen molar-refractivity contribution in [3.05, 3.63) is 89.8 Å². The lowest BCUT2D eigenvalue weighted by Gasteiger charge is -2.16. The summed E-state index contributed by atoms with van der Waals surface area (Å²) in [7, 11) is 0. The highest BCUT2D eigenvalue weighted by atomic mass is 19.1. The summed E-state index contributed by atoms with van der Waals surface area (Å²) in [5.41, 5.74) is 8.91. The monoisotopic (exact) mass is 424 g/mol. The molecule has 1 aliphatic carbocycles. The predicted molar refractivity (Wildman–Crippen MR) is 116 cm³/mol. The van der Waals surface area contributed by atoms with E-state index in [1.165, 1.54) is 17.7 Å². The number of nitrogens with two attached hydrogens (primary N) is 1. The van der Waals surface area contributed by atoms with E-state index in [1.807, 2.05) is 18.3 Å². The van der Waals surface area contributed by atoms with Crippen LogP contribution in [0, 0.1) is 5.82 Å². The number of primary amides is 1. The summed E-state index contributed by atoms with van der Waals surface area (Å²) < 4.78 is 16.0. The summed E-state index contributed by atoms with van der Waals surface area (Å²) >= 11 is 0. The largest absolute Gasteiger partial charge is 0.366 e. The zero-order valence-electron chi connectivity index (χ0n) is 16.9. The molecule has 7 nitrogen and oxygen atoms in total. The van der Waals surface area contributed by atoms with Crippen molar-refractivity contribution in [2.45, 2.75) is 18.3 Å². The van der Waals surface area contributed by atoms with Crippen molar-refractivity contribution < 1.29 is 9.18 Å². The van der Waals surface area contributed by atoms with Crippen LogP contribution in [0.25, 0.3) is 27.9 Å². The number of amides is 1. The maximum atomic E-state index is 14.3. The van der Waals surface area contributed by atoms with Crippen LogP contribution in [-0.2, 0) is 5.41 Å². The molecule has 1 saturated carbocycles. The Kier molecular flexibility index (Phi) is 3.86. The Balaban J connectivity index is 1.46. The van der Waals surface area contributed by atoms with Crippen LogP contribution >= 0.6 is 0 Å². The van der Waals surface area contributed by atoms with Gasteiger partial charge in [0, 0.05) is 22.6 Å². The van der Waals surface area contributed by atoms with Gasteiger partial charge in [-0.1, -0.05) is 18.2 Å². The highest BCUT2D eigenvalue weighted by Gasteiger charge is 2.48. The second kappa shape index (κ2) is 6.65. The minimum absolute atomic E-state index is 0.158. The van der Waals surface area contributed by atoms with Crippen LogP contribution in [0.3, 0.4) is 0 Å². The number of fused-ring (bicyclic) bond motifs is 2. The molecule has 32 heavy (non-hydrogen) atoms. The lowest BCUT2D eigenvalue weighted by atomic mass is 9.91. The number of hydrogen-bond acceptors (Lipinski definition) is 5. The molecule has 0 radical (unpaired) electrons. The molecule has 2 N–H and O–H groups in total. The van der Waals surface area contributed by atoms with Crippen LogP contribution in [0.4, 0.5) is 4.39 Å². The van der Waals surface area contributed by atoms with Gasteiger partial charge >= 0.3 is 0 Å². The number of carbonyl (C=O) groups excluding carboxylic acids is 1. The van der Waals surface area contributed by atoms with Crippen LogP contribution in [0.2, 0.25) is 0 Å². The normalized spacial score (nSPS) is 14.7. The fourth-order valence-electron chi connectivity index (χ4n) is 4.30. The highest BCUT2D eigenvalue weighted by Crippen LogP contribution is 2.53. The van der Waals surface area contributed by atoms with E-state index in [9.17, 15) is 9.18 Å². The van der Waals surface area contributed by atoms with E-state index < -0.39 is 11.7 Å². The SMILES string of the molecule is NC(=O)c1ccc(-c2cnc3ncc(C4(c5ccc6ncccc6c5)CC4)n3n2)cc1F. The molecule has 0 saturated heterocycles. The minimum atomic E-state index is -0.811. The Morgan fingerprint density at radius 1 is 1.03 bits per heavy atom. The van der Waals surface area contributed by atoms with E-state index in [1.54, 1.807) is 23.0 Å². The fourth-order valence-corrected chi connectivity index (χ4v) is 4.30. The summed E-state index contributed by atoms with van der Waals surface area (Å²) in [6.07, 6.45) is 7.10. The molecule has 0 atom stereocenters. The van der Waals surface area contributed by atoms with Crippen LogP contribution in [0.1, 0.15) is 34.5 Å². The molecule has 1 aliphatic rings. The molecule has 3 heterocycles. The Morgan fingerprint density at radius 2 is 1.88 bits per heavy atom. The molecular weight excluding hydrogens is 407 g/mol. The van der Waals surface area contributed by atoms with Gasteiger partial charge in [0.2, 0.25) is 0 Å². The average Bonchev–Trinajstić information content (AvgIpc) is 3.50. The molecule has 3 aromatic heterocycles. The first kappa shape index (κ1) is 18.6. The van der Waals surface area contributed by atoms with Gasteiger partial charge in [-0.2, -0.15) is 9.61 Å². The Bertz CT molecular complexity index is 1540. The first-order chi connectivity index (χ1) is 15.5. The predicted octanol–water partition coefficient (Wildman–Crippen LogP) is 3.66. The lowest BCUT2D eigenvalue weighted by molar-refractivity contribution is 0.0996. The maximum absolute atomic E-state index is 14.3. The van der Waals surface area contributed by atoms with Gasteiger partial charge in [0.05, 0.1) is 29.2 Å². The molecule has 8 heteroatoms. The number of carbonyl (C=O) groups is 1. The van der Waals surface area contributed by atoms with Crippen molar-refractivity contribution >= 4 is 22.6 Å². The smallest absolute Gasteiger partial charge is 0.251 e. The summed E-state index contributed by atoms with van der Waals surface area (Å²) in [6, 6.07) is 14.5. The molecule has 2 aromatic carbocycles. The van der Waals surface area contributed by atoms with Crippen LogP contribution in [0.5, 0.6) is 0 Å². The lowest BCUT2D eigenvalue weighted by Crippen LogP contribution is -2.14. The molecule has 1 amide bonds. The quantitative estimate of drug-likeness (QED) is 0.475. The molecule has 0 bridgehead atoms. The molecule has 0 aliphatic heterocycles. The van der Waals surface area contributed by atoms with Gasteiger partial charge < -0.3 is 5.73 Å². The molecule has 0 unspecified atom stereocenters. The molecule has 1 fully saturated rings. The van der Waals surface area contributed by atoms with Crippen molar-refractivity contribution in [2.24, 2.45) is 5.73 Å². The molecule has 5 aromatic rings. The third-order valence-electron chi connectivity index (χ3n) is 6.16. The van der Waals surface area contributed by atoms with E-state index in [-0.39, 0.29) is 11.0 Å². The van der Waals surface area contributed by atoms with E-state index in [2.05, 4.69) is 33.2 Å². The minimum Gasteiger partial charge on any atom is -0.366 e. The number of halogens is 1. The van der Waals surface area contributed by atoms with Crippen molar-refractivity contribution in [2.75, 3.05) is 0 Å². The third kappa shape index (κ3) is 2.76. The Morgan fingerprint density at radius 3 is 2.66 bits per heavy atom. The second-order valence-corrected chi connectivity index (χ2v) is 8.05. The third-order valence-corrected chi connectivity index (χ3v) is 6.16. The van der Waals surface area contributed by atoms with E-state index in [0.717, 1.165) is 29.4 Å². The number of hydrogen-bond donors (Lipinski definition) is 1. The molecule has 6 rings (SSSR count). The first-order valence-electron chi connectivity index (χ1n) is 10.2. The van der Waals surface area contributed by atoms with E-state index in [0.29, 0.717) is 17.0 Å². The zero-order chi connectivity index (χ0) is 21.9. The molecule has 0 spiro atoms. The summed E-state index contributed by atoms with van der Waals surface area (Å²) in [6.45, 7) is 0. The van der Waals surface area contributed by atoms with Gasteiger partial charge in [0.15, 0.2) is 0 Å². The number of aromatic nitrogens is 5. The summed E-state index contributed by atoms with van der Waals surface area (Å²) in [5, 5.41) is 5.80. The zero-order valence-corrected chi connectivity index (χ0v) is 16.9. The number of benzene rings is 2. The fraction of sp³-hybridized carbons (Fsp3) is 0.125. The summed E-state index contributed by atoms with van der Waals surface area (Å²) in [4.78, 5) is 24.6. The van der Waals surface area contributed by atoms with Crippen LogP contribution in [0.15, 0.2) is 67.1 Å². The van der Waals surface area contributed by atoms with Gasteiger partial charge in [-0.3, -0.25) is 9.78 Å². The van der Waals surface area contributed by atoms with E-state index in [4.69, 9.17) is 10.8 Å². The summed E-state index contributed by atoms with van der Waals surface area (Å²) in [5.74, 6) is -1.02. The molecular formula is C24H17FN6O. The van der Waals surface area contributed by atoms with Crippen molar-refractivity contribution in [1.29, 1.82) is 0 Å². The van der Waals surface area contributed by atoms with Crippen molar-refractivity contribution in [1.82, 2.24) is 24.6 Å². The van der Waals surface area contributed by atoms with Crippen LogP contribution in [-0.4, -0.2) is 30.5 Å². The first-order valence-corrected chi connectivity index (χ1v) is 10.2. The Labute approximate surface area is 181 Å². The Hall–Kier alpha value is -4.20. The van der Waals surface area contributed by atoms with Crippen molar-refractivity contribution in [3.63, 3.8) is 0 Å². The number of nitrogens with zero attached hydrogens (tertiary/aromatic N) is 5. The average molecular weight is 424 g/mol. The van der Waals surface area contributed by atoms with E-state index >= 15 is 0 Å². The second-order valence-electron chi connectivity index (χ2n) is 8.05. The number of rotatable bonds is 4. The van der Waals surface area contributed by atoms with Crippen LogP contribution < -0.4 is 5.73 Å². The van der Waals surface area contributed by atoms with Crippen molar-refractivity contribution in [3.8, 4) is 11.3 Å². The van der Waals surface area contributed by atoms with Gasteiger partial charge in [-0.05, 0) is 48.7 Å². The van der Waals surface area contributed by atoms with Gasteiger partial charge in [0.25, 0.3) is 11.7 Å². The standard InChI is InChI=1S/C24H17FN6O/c25-18-11-15(3-5-17(18)22(26)32)20-12-28-23-29-13-21(31(23)30-20)24(7-8-24)16-4-6-19-14(10-16)2-1-9-27-19/h1-6,9-13H,7-8H2,(H2,26,32). The number of pyridine rings is 1. The topological polar surface area (TPSA) is 99.1 Å². The highest BCUT2D eigenvalue weighted by molar-refractivity contribution is 5.93. The maximum Gasteiger partial charge on any atom is 0.251 e. The van der Waals surface area contributed by atoms with Gasteiger partial charge in [-0.25, -0.2) is 14.4 Å². The number of imidazole rings is 1. The molecule has 156 valence electrons. The van der Waals surface area contributed by atoms with Gasteiger partial charge in [-0.15, -0.1) is 0 Å².